The highest BCUT2D eigenvalue weighted by molar-refractivity contribution is 7.14. The number of primary amides is 1. The van der Waals surface area contributed by atoms with Crippen LogP contribution in [-0.2, 0) is 14.3 Å². The standard InChI is InChI=1S/C17H21N3O4S2/c1-9(13(22)6-15(18)23)14(24-3)5-4-11-7-25-17(19-11)12-8-26-16(20-12)10(2)21/h4-5,7-10,14,21H,6H2,1-3H3,(H2,18,23)/b5-4+/t9-,10+,14-/m0/s1. The van der Waals surface area contributed by atoms with Crippen molar-refractivity contribution in [3.05, 3.63) is 27.5 Å². The Morgan fingerprint density at radius 1 is 1.31 bits per heavy atom. The SMILES string of the molecule is CO[C@@H](/C=C/c1csc(-c2csc([C@@H](C)O)n2)n1)[C@@H](C)C(=O)CC(N)=O. The van der Waals surface area contributed by atoms with Crippen LogP contribution in [0.25, 0.3) is 16.8 Å². The van der Waals surface area contributed by atoms with Gasteiger partial charge in [0.25, 0.3) is 0 Å². The van der Waals surface area contributed by atoms with Crippen molar-refractivity contribution in [2.45, 2.75) is 32.5 Å². The van der Waals surface area contributed by atoms with Crippen LogP contribution in [0.15, 0.2) is 16.8 Å². The zero-order valence-electron chi connectivity index (χ0n) is 14.7. The summed E-state index contributed by atoms with van der Waals surface area (Å²) in [5.41, 5.74) is 6.51. The summed E-state index contributed by atoms with van der Waals surface area (Å²) in [6.45, 7) is 3.37. The number of carbonyl (C=O) groups excluding carboxylic acids is 2. The van der Waals surface area contributed by atoms with Crippen LogP contribution in [0, 0.1) is 5.92 Å². The minimum atomic E-state index is -0.648. The normalized spacial score (nSPS) is 15.1. The molecule has 0 aliphatic heterocycles. The Hall–Kier alpha value is -1.94. The number of methoxy groups -OCH3 is 1. The number of rotatable bonds is 9. The maximum Gasteiger partial charge on any atom is 0.224 e. The fraction of sp³-hybridized carbons (Fsp3) is 0.412. The van der Waals surface area contributed by atoms with Gasteiger partial charge in [0.05, 0.1) is 18.2 Å². The van der Waals surface area contributed by atoms with E-state index in [1.54, 1.807) is 26.0 Å². The summed E-state index contributed by atoms with van der Waals surface area (Å²) in [6.07, 6.45) is 2.13. The van der Waals surface area contributed by atoms with E-state index in [-0.39, 0.29) is 12.2 Å². The number of thiazole rings is 2. The van der Waals surface area contributed by atoms with E-state index in [1.165, 1.54) is 29.8 Å². The molecule has 0 aromatic carbocycles. The number of ketones is 1. The first-order valence-corrected chi connectivity index (χ1v) is 9.69. The molecule has 2 rings (SSSR count). The molecule has 2 heterocycles. The second-order valence-electron chi connectivity index (χ2n) is 5.78. The Kier molecular flexibility index (Phi) is 7.15. The molecule has 2 aromatic heterocycles. The average molecular weight is 396 g/mol. The molecule has 0 aliphatic rings. The highest BCUT2D eigenvalue weighted by Crippen LogP contribution is 2.28. The lowest BCUT2D eigenvalue weighted by Crippen LogP contribution is -2.29. The molecule has 9 heteroatoms. The lowest BCUT2D eigenvalue weighted by Gasteiger charge is -2.17. The van der Waals surface area contributed by atoms with Crippen LogP contribution < -0.4 is 5.73 Å². The van der Waals surface area contributed by atoms with Crippen LogP contribution in [0.4, 0.5) is 0 Å². The molecule has 0 saturated heterocycles. The number of nitrogens with zero attached hydrogens (tertiary/aromatic N) is 2. The number of aliphatic hydroxyl groups excluding tert-OH is 1. The van der Waals surface area contributed by atoms with Crippen molar-refractivity contribution in [2.75, 3.05) is 7.11 Å². The van der Waals surface area contributed by atoms with Crippen LogP contribution >= 0.6 is 22.7 Å². The van der Waals surface area contributed by atoms with Gasteiger partial charge < -0.3 is 15.6 Å². The summed E-state index contributed by atoms with van der Waals surface area (Å²) in [6, 6.07) is 0. The minimum absolute atomic E-state index is 0.263. The minimum Gasteiger partial charge on any atom is -0.386 e. The summed E-state index contributed by atoms with van der Waals surface area (Å²) in [5, 5.41) is 14.7. The number of Topliss-reactive ketones (excluding diaryl/α,β-unsaturated/α-hetero) is 1. The maximum absolute atomic E-state index is 12.0. The van der Waals surface area contributed by atoms with E-state index < -0.39 is 24.0 Å². The molecular weight excluding hydrogens is 374 g/mol. The van der Waals surface area contributed by atoms with Crippen molar-refractivity contribution in [1.29, 1.82) is 0 Å². The van der Waals surface area contributed by atoms with Crippen molar-refractivity contribution in [3.63, 3.8) is 0 Å². The molecule has 0 bridgehead atoms. The van der Waals surface area contributed by atoms with Crippen LogP contribution in [0.3, 0.4) is 0 Å². The molecule has 7 nitrogen and oxygen atoms in total. The third-order valence-electron chi connectivity index (χ3n) is 3.70. The lowest BCUT2D eigenvalue weighted by atomic mass is 9.96. The molecule has 0 saturated carbocycles. The largest absolute Gasteiger partial charge is 0.386 e. The molecule has 0 spiro atoms. The quantitative estimate of drug-likeness (QED) is 0.630. The molecule has 2 aromatic rings. The number of ether oxygens (including phenoxy) is 1. The molecule has 0 radical (unpaired) electrons. The lowest BCUT2D eigenvalue weighted by molar-refractivity contribution is -0.130. The van der Waals surface area contributed by atoms with Crippen molar-refractivity contribution >= 4 is 40.4 Å². The van der Waals surface area contributed by atoms with E-state index in [9.17, 15) is 14.7 Å². The topological polar surface area (TPSA) is 115 Å². The molecule has 3 atom stereocenters. The van der Waals surface area contributed by atoms with Crippen LogP contribution in [0.5, 0.6) is 0 Å². The third-order valence-corrected chi connectivity index (χ3v) is 5.60. The van der Waals surface area contributed by atoms with Crippen molar-refractivity contribution in [1.82, 2.24) is 9.97 Å². The molecule has 26 heavy (non-hydrogen) atoms. The number of aliphatic hydroxyl groups is 1. The zero-order valence-corrected chi connectivity index (χ0v) is 16.3. The molecule has 140 valence electrons. The summed E-state index contributed by atoms with van der Waals surface area (Å²) in [7, 11) is 1.50. The van der Waals surface area contributed by atoms with Crippen LogP contribution in [-0.4, -0.2) is 40.0 Å². The Balaban J connectivity index is 2.08. The molecular formula is C17H21N3O4S2. The van der Waals surface area contributed by atoms with E-state index in [2.05, 4.69) is 9.97 Å². The van der Waals surface area contributed by atoms with Gasteiger partial charge in [-0.15, -0.1) is 22.7 Å². The number of hydrogen-bond donors (Lipinski definition) is 2. The van der Waals surface area contributed by atoms with E-state index in [1.807, 2.05) is 10.8 Å². The number of aromatic nitrogens is 2. The van der Waals surface area contributed by atoms with Gasteiger partial charge in [-0.3, -0.25) is 9.59 Å². The number of hydrogen-bond acceptors (Lipinski definition) is 8. The van der Waals surface area contributed by atoms with Crippen molar-refractivity contribution in [3.8, 4) is 10.7 Å². The zero-order chi connectivity index (χ0) is 19.3. The highest BCUT2D eigenvalue weighted by Gasteiger charge is 2.23. The fourth-order valence-electron chi connectivity index (χ4n) is 2.22. The Labute approximate surface area is 159 Å². The predicted octanol–water partition coefficient (Wildman–Crippen LogP) is 2.43. The predicted molar refractivity (Wildman–Crippen MR) is 102 cm³/mol. The Morgan fingerprint density at radius 2 is 2.04 bits per heavy atom. The second kappa shape index (κ2) is 9.13. The van der Waals surface area contributed by atoms with Crippen LogP contribution in [0.2, 0.25) is 0 Å². The Morgan fingerprint density at radius 3 is 2.62 bits per heavy atom. The smallest absolute Gasteiger partial charge is 0.224 e. The van der Waals surface area contributed by atoms with E-state index in [4.69, 9.17) is 10.5 Å². The van der Waals surface area contributed by atoms with Gasteiger partial charge in [-0.05, 0) is 13.0 Å². The Bertz CT molecular complexity index is 798. The van der Waals surface area contributed by atoms with Gasteiger partial charge in [-0.1, -0.05) is 13.0 Å². The first kappa shape index (κ1) is 20.4. The van der Waals surface area contributed by atoms with E-state index >= 15 is 0 Å². The van der Waals surface area contributed by atoms with Gasteiger partial charge in [-0.2, -0.15) is 0 Å². The summed E-state index contributed by atoms with van der Waals surface area (Å²) in [4.78, 5) is 31.7. The van der Waals surface area contributed by atoms with E-state index in [0.717, 1.165) is 10.7 Å². The van der Waals surface area contributed by atoms with Gasteiger partial charge in [0, 0.05) is 23.8 Å². The average Bonchev–Trinajstić information content (AvgIpc) is 3.23. The van der Waals surface area contributed by atoms with Gasteiger partial charge in [-0.25, -0.2) is 9.97 Å². The summed E-state index contributed by atoms with van der Waals surface area (Å²) < 4.78 is 5.34. The van der Waals surface area contributed by atoms with E-state index in [0.29, 0.717) is 10.7 Å². The number of carbonyl (C=O) groups is 2. The van der Waals surface area contributed by atoms with Crippen molar-refractivity contribution in [2.24, 2.45) is 11.7 Å². The maximum atomic E-state index is 12.0. The van der Waals surface area contributed by atoms with Gasteiger partial charge >= 0.3 is 0 Å². The van der Waals surface area contributed by atoms with Crippen LogP contribution in [0.1, 0.15) is 37.1 Å². The summed E-state index contributed by atoms with van der Waals surface area (Å²) >= 11 is 2.83. The second-order valence-corrected chi connectivity index (χ2v) is 7.53. The molecule has 1 amide bonds. The monoisotopic (exact) mass is 395 g/mol. The van der Waals surface area contributed by atoms with Gasteiger partial charge in [0.2, 0.25) is 5.91 Å². The first-order chi connectivity index (χ1) is 12.3. The third kappa shape index (κ3) is 5.28. The summed E-state index contributed by atoms with van der Waals surface area (Å²) in [5.74, 6) is -1.40. The van der Waals surface area contributed by atoms with Crippen molar-refractivity contribution < 1.29 is 19.4 Å². The highest BCUT2D eigenvalue weighted by atomic mass is 32.1. The first-order valence-electron chi connectivity index (χ1n) is 7.93. The molecule has 0 unspecified atom stereocenters. The number of amides is 1. The fourth-order valence-corrected chi connectivity index (χ4v) is 3.78. The molecule has 0 aliphatic carbocycles. The number of nitrogens with two attached hydrogens (primary N) is 1. The van der Waals surface area contributed by atoms with Gasteiger partial charge in [0.15, 0.2) is 0 Å². The molecule has 0 fully saturated rings. The molecule has 3 N–H and O–H groups in total. The van der Waals surface area contributed by atoms with Gasteiger partial charge in [0.1, 0.15) is 27.6 Å².